The first-order chi connectivity index (χ1) is 11.0. The van der Waals surface area contributed by atoms with E-state index in [0.717, 1.165) is 16.4 Å². The van der Waals surface area contributed by atoms with Gasteiger partial charge in [0.2, 0.25) is 10.0 Å². The molecule has 6 nitrogen and oxygen atoms in total. The molecule has 0 aliphatic carbocycles. The summed E-state index contributed by atoms with van der Waals surface area (Å²) in [5.74, 6) is -1.36. The predicted molar refractivity (Wildman–Crippen MR) is 77.7 cm³/mol. The molecule has 1 saturated heterocycles. The van der Waals surface area contributed by atoms with E-state index in [1.54, 1.807) is 0 Å². The molecule has 1 aromatic carbocycles. The molecule has 0 spiro atoms. The van der Waals surface area contributed by atoms with Crippen LogP contribution in [0.4, 0.5) is 13.2 Å². The summed E-state index contributed by atoms with van der Waals surface area (Å²) in [6.07, 6.45) is -3.49. The van der Waals surface area contributed by atoms with Gasteiger partial charge in [-0.25, -0.2) is 13.2 Å². The lowest BCUT2D eigenvalue weighted by Gasteiger charge is -2.18. The molecule has 0 saturated carbocycles. The number of halogens is 3. The number of carboxylic acids is 1. The van der Waals surface area contributed by atoms with Crippen molar-refractivity contribution in [1.82, 2.24) is 4.31 Å². The molecular formula is C14H14F3NO5S. The minimum absolute atomic E-state index is 0.0267. The normalized spacial score (nSPS) is 18.3. The van der Waals surface area contributed by atoms with Gasteiger partial charge in [0, 0.05) is 19.7 Å². The van der Waals surface area contributed by atoms with Gasteiger partial charge in [-0.15, -0.1) is 0 Å². The second-order valence-electron chi connectivity index (χ2n) is 5.20. The van der Waals surface area contributed by atoms with E-state index in [1.807, 2.05) is 0 Å². The number of epoxide rings is 1. The van der Waals surface area contributed by atoms with Crippen LogP contribution in [-0.4, -0.2) is 50.1 Å². The molecule has 1 N–H and O–H groups in total. The quantitative estimate of drug-likeness (QED) is 0.614. The van der Waals surface area contributed by atoms with Crippen LogP contribution < -0.4 is 0 Å². The highest BCUT2D eigenvalue weighted by Gasteiger charge is 2.34. The van der Waals surface area contributed by atoms with Crippen molar-refractivity contribution in [1.29, 1.82) is 0 Å². The Morgan fingerprint density at radius 3 is 2.54 bits per heavy atom. The Morgan fingerprint density at radius 2 is 2.04 bits per heavy atom. The van der Waals surface area contributed by atoms with E-state index in [-0.39, 0.29) is 18.2 Å². The highest BCUT2D eigenvalue weighted by molar-refractivity contribution is 7.89. The van der Waals surface area contributed by atoms with Crippen LogP contribution in [0.5, 0.6) is 0 Å². The Hall–Kier alpha value is -1.91. The average Bonchev–Trinajstić information content (AvgIpc) is 3.27. The molecule has 24 heavy (non-hydrogen) atoms. The Morgan fingerprint density at radius 1 is 1.42 bits per heavy atom. The summed E-state index contributed by atoms with van der Waals surface area (Å²) in [5, 5.41) is 8.58. The summed E-state index contributed by atoms with van der Waals surface area (Å²) in [6.45, 7) is 0.425. The summed E-state index contributed by atoms with van der Waals surface area (Å²) in [6, 6.07) is 2.20. The maximum Gasteiger partial charge on any atom is 0.416 e. The maximum absolute atomic E-state index is 13.0. The standard InChI is InChI=1S/C14H14F3NO5S/c1-18(7-11-8-23-11)24(21,22)12-5-9(2-3-13(19)20)4-10(6-12)14(15,16)17/h2-6,11H,7-8H2,1H3,(H,19,20)/t11-/m0/s1. The van der Waals surface area contributed by atoms with Crippen LogP contribution in [0.2, 0.25) is 0 Å². The highest BCUT2D eigenvalue weighted by Crippen LogP contribution is 2.33. The summed E-state index contributed by atoms with van der Waals surface area (Å²) in [7, 11) is -2.93. The van der Waals surface area contributed by atoms with Crippen molar-refractivity contribution in [3.63, 3.8) is 0 Å². The topological polar surface area (TPSA) is 87.2 Å². The molecule has 1 aromatic rings. The second-order valence-corrected chi connectivity index (χ2v) is 7.25. The third kappa shape index (κ3) is 4.56. The van der Waals surface area contributed by atoms with Crippen LogP contribution in [-0.2, 0) is 25.7 Å². The van der Waals surface area contributed by atoms with Gasteiger partial charge in [0.25, 0.3) is 0 Å². The molecule has 0 bridgehead atoms. The monoisotopic (exact) mass is 365 g/mol. The number of carboxylic acid groups (broad SMARTS) is 1. The number of aliphatic carboxylic acids is 1. The molecule has 10 heteroatoms. The second kappa shape index (κ2) is 6.54. The third-order valence-electron chi connectivity index (χ3n) is 3.25. The number of alkyl halides is 3. The molecule has 132 valence electrons. The van der Waals surface area contributed by atoms with Crippen molar-refractivity contribution < 1.29 is 36.2 Å². The average molecular weight is 365 g/mol. The molecule has 0 unspecified atom stereocenters. The summed E-state index contributed by atoms with van der Waals surface area (Å²) in [5.41, 5.74) is -1.36. The molecule has 0 amide bonds. The number of ether oxygens (including phenoxy) is 1. The number of benzene rings is 1. The van der Waals surface area contributed by atoms with E-state index in [0.29, 0.717) is 24.8 Å². The molecular weight excluding hydrogens is 351 g/mol. The number of likely N-dealkylation sites (N-methyl/N-ethyl adjacent to an activating group) is 1. The lowest BCUT2D eigenvalue weighted by atomic mass is 10.1. The van der Waals surface area contributed by atoms with Gasteiger partial charge in [-0.05, 0) is 29.8 Å². The fraction of sp³-hybridized carbons (Fsp3) is 0.357. The van der Waals surface area contributed by atoms with Gasteiger partial charge in [-0.1, -0.05) is 0 Å². The van der Waals surface area contributed by atoms with E-state index >= 15 is 0 Å². The van der Waals surface area contributed by atoms with Gasteiger partial charge < -0.3 is 9.84 Å². The molecule has 0 aromatic heterocycles. The lowest BCUT2D eigenvalue weighted by Crippen LogP contribution is -2.30. The molecule has 1 heterocycles. The Kier molecular flexibility index (Phi) is 5.02. The van der Waals surface area contributed by atoms with Gasteiger partial charge in [0.15, 0.2) is 0 Å². The number of nitrogens with zero attached hydrogens (tertiary/aromatic N) is 1. The van der Waals surface area contributed by atoms with Crippen LogP contribution in [0.3, 0.4) is 0 Å². The summed E-state index contributed by atoms with van der Waals surface area (Å²) < 4.78 is 69.6. The fourth-order valence-corrected chi connectivity index (χ4v) is 3.22. The minimum atomic E-state index is -4.77. The summed E-state index contributed by atoms with van der Waals surface area (Å²) >= 11 is 0. The lowest BCUT2D eigenvalue weighted by molar-refractivity contribution is -0.137. The van der Waals surface area contributed by atoms with E-state index in [9.17, 15) is 26.4 Å². The largest absolute Gasteiger partial charge is 0.478 e. The van der Waals surface area contributed by atoms with Crippen LogP contribution in [0.25, 0.3) is 6.08 Å². The Labute approximate surface area is 136 Å². The van der Waals surface area contributed by atoms with Gasteiger partial charge in [0.05, 0.1) is 23.2 Å². The van der Waals surface area contributed by atoms with Crippen molar-refractivity contribution in [2.75, 3.05) is 20.2 Å². The zero-order valence-electron chi connectivity index (χ0n) is 12.4. The first kappa shape index (κ1) is 18.4. The van der Waals surface area contributed by atoms with Crippen LogP contribution >= 0.6 is 0 Å². The number of hydrogen-bond acceptors (Lipinski definition) is 4. The molecule has 0 radical (unpaired) electrons. The van der Waals surface area contributed by atoms with Gasteiger partial charge in [-0.3, -0.25) is 0 Å². The van der Waals surface area contributed by atoms with Crippen LogP contribution in [0, 0.1) is 0 Å². The number of carbonyl (C=O) groups is 1. The maximum atomic E-state index is 13.0. The van der Waals surface area contributed by atoms with E-state index in [1.165, 1.54) is 7.05 Å². The number of hydrogen-bond donors (Lipinski definition) is 1. The molecule has 2 rings (SSSR count). The van der Waals surface area contributed by atoms with E-state index < -0.39 is 32.6 Å². The van der Waals surface area contributed by atoms with Crippen LogP contribution in [0.15, 0.2) is 29.2 Å². The predicted octanol–water partition coefficient (Wildman–Crippen LogP) is 1.82. The van der Waals surface area contributed by atoms with E-state index in [2.05, 4.69) is 0 Å². The molecule has 1 aliphatic heterocycles. The van der Waals surface area contributed by atoms with Gasteiger partial charge in [0.1, 0.15) is 0 Å². The van der Waals surface area contributed by atoms with Gasteiger partial charge in [-0.2, -0.15) is 17.5 Å². The first-order valence-electron chi connectivity index (χ1n) is 6.71. The van der Waals surface area contributed by atoms with Crippen molar-refractivity contribution in [3.8, 4) is 0 Å². The number of sulfonamides is 1. The smallest absolute Gasteiger partial charge is 0.416 e. The molecule has 1 atom stereocenters. The van der Waals surface area contributed by atoms with Crippen molar-refractivity contribution in [3.05, 3.63) is 35.4 Å². The van der Waals surface area contributed by atoms with Crippen molar-refractivity contribution in [2.24, 2.45) is 0 Å². The highest BCUT2D eigenvalue weighted by atomic mass is 32.2. The molecule has 1 aliphatic rings. The number of rotatable bonds is 6. The SMILES string of the molecule is CN(C[C@H]1CO1)S(=O)(=O)c1cc(C=CC(=O)O)cc(C(F)(F)F)c1. The first-order valence-corrected chi connectivity index (χ1v) is 8.15. The van der Waals surface area contributed by atoms with Crippen molar-refractivity contribution in [2.45, 2.75) is 17.2 Å². The minimum Gasteiger partial charge on any atom is -0.478 e. The Bertz CT molecular complexity index is 769. The van der Waals surface area contributed by atoms with Crippen molar-refractivity contribution >= 4 is 22.1 Å². The van der Waals surface area contributed by atoms with Crippen LogP contribution in [0.1, 0.15) is 11.1 Å². The zero-order chi connectivity index (χ0) is 18.1. The summed E-state index contributed by atoms with van der Waals surface area (Å²) in [4.78, 5) is 9.96. The Balaban J connectivity index is 2.47. The third-order valence-corrected chi connectivity index (χ3v) is 5.05. The zero-order valence-corrected chi connectivity index (χ0v) is 13.3. The fourth-order valence-electron chi connectivity index (χ4n) is 1.94. The van der Waals surface area contributed by atoms with E-state index in [4.69, 9.17) is 9.84 Å². The molecule has 1 fully saturated rings. The van der Waals surface area contributed by atoms with Gasteiger partial charge >= 0.3 is 12.1 Å².